The molecule has 1 aromatic heterocycles. The molecule has 3 rings (SSSR count). The summed E-state index contributed by atoms with van der Waals surface area (Å²) in [5.74, 6) is -0.816. The monoisotopic (exact) mass is 513 g/mol. The second kappa shape index (κ2) is 10.5. The Balaban J connectivity index is 1.88. The Hall–Kier alpha value is -3.75. The van der Waals surface area contributed by atoms with Crippen molar-refractivity contribution >= 4 is 11.5 Å². The lowest BCUT2D eigenvalue weighted by Gasteiger charge is -2.40. The first-order valence-corrected chi connectivity index (χ1v) is 10.7. The fraction of sp³-hybridized carbons (Fsp3) is 0.375. The first kappa shape index (κ1) is 26.8. The molecule has 192 valence electrons. The van der Waals surface area contributed by atoms with Gasteiger partial charge in [0, 0.05) is 25.1 Å². The molecule has 0 aliphatic carbocycles. The van der Waals surface area contributed by atoms with Gasteiger partial charge in [0.1, 0.15) is 17.4 Å². The van der Waals surface area contributed by atoms with Crippen LogP contribution >= 0.6 is 0 Å². The number of nitriles is 1. The van der Waals surface area contributed by atoms with Gasteiger partial charge in [0.05, 0.1) is 13.7 Å². The summed E-state index contributed by atoms with van der Waals surface area (Å²) in [5.41, 5.74) is -3.57. The van der Waals surface area contributed by atoms with Crippen LogP contribution in [0.4, 0.5) is 26.3 Å². The molecule has 0 saturated heterocycles. The molecule has 1 atom stereocenters. The van der Waals surface area contributed by atoms with E-state index in [1.807, 2.05) is 5.32 Å². The van der Waals surface area contributed by atoms with Gasteiger partial charge in [0.25, 0.3) is 5.91 Å². The number of hydrogen-bond donors (Lipinski definition) is 1. The summed E-state index contributed by atoms with van der Waals surface area (Å²) in [7, 11) is 1.36. The van der Waals surface area contributed by atoms with Crippen molar-refractivity contribution in [2.75, 3.05) is 13.7 Å². The maximum atomic E-state index is 14.5. The van der Waals surface area contributed by atoms with E-state index < -0.39 is 42.2 Å². The van der Waals surface area contributed by atoms with Crippen molar-refractivity contribution in [2.24, 2.45) is 0 Å². The second-order valence-electron chi connectivity index (χ2n) is 8.03. The van der Waals surface area contributed by atoms with Crippen molar-refractivity contribution in [3.05, 3.63) is 59.3 Å². The average molecular weight is 513 g/mol. The third kappa shape index (κ3) is 5.90. The van der Waals surface area contributed by atoms with Crippen molar-refractivity contribution in [3.63, 3.8) is 0 Å². The first-order chi connectivity index (χ1) is 16.9. The van der Waals surface area contributed by atoms with Crippen LogP contribution in [0, 0.1) is 11.3 Å². The highest BCUT2D eigenvalue weighted by Crippen LogP contribution is 2.48. The lowest BCUT2D eigenvalue weighted by molar-refractivity contribution is -0.201. The van der Waals surface area contributed by atoms with Gasteiger partial charge in [0.2, 0.25) is 5.88 Å². The van der Waals surface area contributed by atoms with Gasteiger partial charge in [-0.05, 0) is 47.7 Å². The van der Waals surface area contributed by atoms with E-state index in [9.17, 15) is 36.4 Å². The molecular weight excluding hydrogens is 492 g/mol. The predicted octanol–water partition coefficient (Wildman–Crippen LogP) is 5.46. The van der Waals surface area contributed by atoms with Crippen LogP contribution in [0.2, 0.25) is 0 Å². The number of nitrogens with zero attached hydrogens (tertiary/aromatic N) is 2. The van der Waals surface area contributed by atoms with E-state index in [1.165, 1.54) is 37.6 Å². The molecule has 6 nitrogen and oxygen atoms in total. The minimum Gasteiger partial charge on any atom is -0.494 e. The highest BCUT2D eigenvalue weighted by molar-refractivity contribution is 6.07. The van der Waals surface area contributed by atoms with Crippen LogP contribution in [0.5, 0.6) is 11.6 Å². The summed E-state index contributed by atoms with van der Waals surface area (Å²) in [6, 6.07) is 9.23. The molecule has 1 aliphatic rings. The van der Waals surface area contributed by atoms with Crippen LogP contribution in [0.25, 0.3) is 5.57 Å². The number of nitrogens with one attached hydrogen (secondary N) is 1. The Bertz CT molecular complexity index is 1150. The standard InChI is InChI=1S/C24H21F6N3O3/c1-35-20-9-4-15(14-32-20)18-12-22(24(28,29)30,33-21(34)19(18)13-31)16-5-7-17(8-6-16)36-11-3-2-10-23(25,26)27/h4-9,14H,2-3,10-12H2,1H3,(H,33,34)/t22-/m0/s1. The Morgan fingerprint density at radius 3 is 2.31 bits per heavy atom. The number of amides is 1. The quantitative estimate of drug-likeness (QED) is 0.375. The third-order valence-electron chi connectivity index (χ3n) is 5.66. The largest absolute Gasteiger partial charge is 0.494 e. The number of benzene rings is 1. The molecule has 0 unspecified atom stereocenters. The Morgan fingerprint density at radius 1 is 1.08 bits per heavy atom. The van der Waals surface area contributed by atoms with E-state index in [4.69, 9.17) is 9.47 Å². The molecule has 12 heteroatoms. The zero-order valence-corrected chi connectivity index (χ0v) is 19.0. The lowest BCUT2D eigenvalue weighted by atomic mass is 9.77. The van der Waals surface area contributed by atoms with Crippen LogP contribution < -0.4 is 14.8 Å². The molecule has 36 heavy (non-hydrogen) atoms. The van der Waals surface area contributed by atoms with E-state index >= 15 is 0 Å². The van der Waals surface area contributed by atoms with Gasteiger partial charge in [0.15, 0.2) is 5.54 Å². The number of ether oxygens (including phenoxy) is 2. The number of aromatic nitrogens is 1. The van der Waals surface area contributed by atoms with Crippen LogP contribution in [0.15, 0.2) is 48.2 Å². The second-order valence-corrected chi connectivity index (χ2v) is 8.03. The zero-order chi connectivity index (χ0) is 26.6. The number of rotatable bonds is 8. The molecule has 1 aliphatic heterocycles. The average Bonchev–Trinajstić information content (AvgIpc) is 2.82. The highest BCUT2D eigenvalue weighted by atomic mass is 19.4. The van der Waals surface area contributed by atoms with Gasteiger partial charge in [-0.2, -0.15) is 31.6 Å². The SMILES string of the molecule is COc1ccc(C2=C(C#N)C(=O)N[C@@](c3ccc(OCCCCC(F)(F)F)cc3)(C(F)(F)F)C2)cn1. The van der Waals surface area contributed by atoms with E-state index in [1.54, 1.807) is 6.07 Å². The van der Waals surface area contributed by atoms with Crippen molar-refractivity contribution in [2.45, 2.75) is 43.6 Å². The molecule has 0 radical (unpaired) electrons. The molecule has 2 aromatic rings. The number of hydrogen-bond acceptors (Lipinski definition) is 5. The fourth-order valence-electron chi connectivity index (χ4n) is 3.80. The minimum absolute atomic E-state index is 0.0422. The highest BCUT2D eigenvalue weighted by Gasteiger charge is 2.59. The lowest BCUT2D eigenvalue weighted by Crippen LogP contribution is -2.58. The zero-order valence-electron chi connectivity index (χ0n) is 19.0. The summed E-state index contributed by atoms with van der Waals surface area (Å²) >= 11 is 0. The number of carbonyl (C=O) groups excluding carboxylic acids is 1. The Kier molecular flexibility index (Phi) is 7.81. The first-order valence-electron chi connectivity index (χ1n) is 10.7. The van der Waals surface area contributed by atoms with E-state index in [2.05, 4.69) is 4.98 Å². The number of halogens is 6. The number of carbonyl (C=O) groups is 1. The summed E-state index contributed by atoms with van der Waals surface area (Å²) in [6.45, 7) is -0.0422. The van der Waals surface area contributed by atoms with Gasteiger partial charge >= 0.3 is 12.4 Å². The third-order valence-corrected chi connectivity index (χ3v) is 5.66. The van der Waals surface area contributed by atoms with Gasteiger partial charge in [-0.1, -0.05) is 12.1 Å². The number of alkyl halides is 6. The maximum Gasteiger partial charge on any atom is 0.416 e. The fourth-order valence-corrected chi connectivity index (χ4v) is 3.80. The molecule has 1 amide bonds. The minimum atomic E-state index is -4.95. The van der Waals surface area contributed by atoms with Crippen LogP contribution in [-0.2, 0) is 10.3 Å². The van der Waals surface area contributed by atoms with Crippen molar-refractivity contribution < 1.29 is 40.6 Å². The van der Waals surface area contributed by atoms with Gasteiger partial charge in [-0.25, -0.2) is 4.98 Å². The van der Waals surface area contributed by atoms with Crippen LogP contribution in [-0.4, -0.2) is 37.0 Å². The van der Waals surface area contributed by atoms with Gasteiger partial charge < -0.3 is 14.8 Å². The summed E-state index contributed by atoms with van der Waals surface area (Å²) in [4.78, 5) is 16.6. The van der Waals surface area contributed by atoms with Crippen LogP contribution in [0.1, 0.15) is 36.8 Å². The molecule has 1 N–H and O–H groups in total. The molecular formula is C24H21F6N3O3. The Labute approximate surface area is 202 Å². The normalized spacial score (nSPS) is 18.4. The topological polar surface area (TPSA) is 84.2 Å². The smallest absolute Gasteiger partial charge is 0.416 e. The van der Waals surface area contributed by atoms with E-state index in [0.717, 1.165) is 12.1 Å². The van der Waals surface area contributed by atoms with Gasteiger partial charge in [-0.15, -0.1) is 0 Å². The summed E-state index contributed by atoms with van der Waals surface area (Å²) < 4.78 is 90.4. The van der Waals surface area contributed by atoms with Crippen LogP contribution in [0.3, 0.4) is 0 Å². The predicted molar refractivity (Wildman–Crippen MR) is 116 cm³/mol. The number of methoxy groups -OCH3 is 1. The van der Waals surface area contributed by atoms with Crippen molar-refractivity contribution in [1.29, 1.82) is 5.26 Å². The summed E-state index contributed by atoms with van der Waals surface area (Å²) in [5, 5.41) is 11.4. The molecule has 1 aromatic carbocycles. The van der Waals surface area contributed by atoms with Crippen molar-refractivity contribution in [3.8, 4) is 17.7 Å². The number of pyridine rings is 1. The van der Waals surface area contributed by atoms with E-state index in [0.29, 0.717) is 0 Å². The maximum absolute atomic E-state index is 14.5. The molecule has 0 fully saturated rings. The molecule has 0 spiro atoms. The Morgan fingerprint density at radius 2 is 1.78 bits per heavy atom. The van der Waals surface area contributed by atoms with E-state index in [-0.39, 0.29) is 47.8 Å². The number of unbranched alkanes of at least 4 members (excludes halogenated alkanes) is 1. The van der Waals surface area contributed by atoms with Gasteiger partial charge in [-0.3, -0.25) is 4.79 Å². The summed E-state index contributed by atoms with van der Waals surface area (Å²) in [6.07, 6.45) is -9.73. The molecule has 2 heterocycles. The van der Waals surface area contributed by atoms with Crippen molar-refractivity contribution in [1.82, 2.24) is 10.3 Å². The molecule has 0 bridgehead atoms. The molecule has 0 saturated carbocycles.